The minimum Gasteiger partial charge on any atom is -0.494 e. The number of pyridine rings is 2. The van der Waals surface area contributed by atoms with Gasteiger partial charge in [0.1, 0.15) is 11.7 Å². The molecule has 2 fully saturated rings. The number of nitrogens with zero attached hydrogens (tertiary/aromatic N) is 3. The maximum Gasteiger partial charge on any atom is 0.200 e. The molecular weight excluding hydrogens is 352 g/mol. The van der Waals surface area contributed by atoms with E-state index in [4.69, 9.17) is 9.72 Å². The molecule has 2 unspecified atom stereocenters. The standard InChI is InChI=1S/C22H20N4O2/c27-21-19(20-16(25-21)4-2-8-23-20)17-11-14-3-1-5-18(15(14)12-24-17)26-9-6-13-7-10-28-22(13)26/h1-5,8,11-13,22,25,27H,6-7,9-10H2. The van der Waals surface area contributed by atoms with Crippen molar-refractivity contribution in [2.45, 2.75) is 19.1 Å². The fourth-order valence-electron chi connectivity index (χ4n) is 4.73. The highest BCUT2D eigenvalue weighted by molar-refractivity contribution is 6.00. The number of nitrogens with one attached hydrogen (secondary N) is 1. The minimum atomic E-state index is 0.0958. The number of ether oxygens (including phenoxy) is 1. The third-order valence-electron chi connectivity index (χ3n) is 6.07. The Labute approximate surface area is 161 Å². The highest BCUT2D eigenvalue weighted by Gasteiger charge is 2.39. The number of hydrogen-bond donors (Lipinski definition) is 2. The van der Waals surface area contributed by atoms with Gasteiger partial charge < -0.3 is 19.7 Å². The van der Waals surface area contributed by atoms with E-state index in [1.54, 1.807) is 6.20 Å². The Kier molecular flexibility index (Phi) is 3.37. The Bertz CT molecular complexity index is 1200. The number of H-pyrrole nitrogens is 1. The molecule has 0 aliphatic carbocycles. The first-order chi connectivity index (χ1) is 13.8. The molecule has 3 aromatic heterocycles. The average molecular weight is 372 g/mol. The van der Waals surface area contributed by atoms with Crippen molar-refractivity contribution in [1.82, 2.24) is 15.0 Å². The molecule has 1 aromatic carbocycles. The van der Waals surface area contributed by atoms with Gasteiger partial charge in [-0.1, -0.05) is 12.1 Å². The molecule has 28 heavy (non-hydrogen) atoms. The van der Waals surface area contributed by atoms with Crippen LogP contribution in [0, 0.1) is 5.92 Å². The first kappa shape index (κ1) is 15.9. The third-order valence-corrected chi connectivity index (χ3v) is 6.07. The summed E-state index contributed by atoms with van der Waals surface area (Å²) in [6, 6.07) is 12.1. The summed E-state index contributed by atoms with van der Waals surface area (Å²) in [6.45, 7) is 1.87. The predicted octanol–water partition coefficient (Wildman–Crippen LogP) is 4.06. The van der Waals surface area contributed by atoms with Crippen LogP contribution in [0.15, 0.2) is 48.8 Å². The van der Waals surface area contributed by atoms with Crippen LogP contribution in [0.3, 0.4) is 0 Å². The van der Waals surface area contributed by atoms with E-state index in [0.29, 0.717) is 17.2 Å². The van der Waals surface area contributed by atoms with E-state index < -0.39 is 0 Å². The molecule has 2 aliphatic heterocycles. The van der Waals surface area contributed by atoms with Gasteiger partial charge in [0.25, 0.3) is 0 Å². The average Bonchev–Trinajstić information content (AvgIpc) is 3.40. The maximum atomic E-state index is 10.4. The Morgan fingerprint density at radius 1 is 1.14 bits per heavy atom. The van der Waals surface area contributed by atoms with E-state index in [1.165, 1.54) is 12.1 Å². The first-order valence-corrected chi connectivity index (χ1v) is 9.72. The van der Waals surface area contributed by atoms with E-state index in [2.05, 4.69) is 33.1 Å². The number of fused-ring (bicyclic) bond motifs is 3. The third kappa shape index (κ3) is 2.24. The number of aromatic hydroxyl groups is 1. The molecule has 2 aliphatic rings. The zero-order valence-electron chi connectivity index (χ0n) is 15.3. The highest BCUT2D eigenvalue weighted by atomic mass is 16.5. The number of hydrogen-bond acceptors (Lipinski definition) is 5. The normalized spacial score (nSPS) is 21.6. The number of aromatic amines is 1. The molecule has 6 heteroatoms. The molecule has 0 saturated carbocycles. The van der Waals surface area contributed by atoms with Gasteiger partial charge in [0.05, 0.1) is 16.8 Å². The smallest absolute Gasteiger partial charge is 0.200 e. The Balaban J connectivity index is 1.48. The maximum absolute atomic E-state index is 10.4. The van der Waals surface area contributed by atoms with Gasteiger partial charge in [0, 0.05) is 42.5 Å². The van der Waals surface area contributed by atoms with Crippen molar-refractivity contribution in [3.63, 3.8) is 0 Å². The Morgan fingerprint density at radius 2 is 2.11 bits per heavy atom. The Morgan fingerprint density at radius 3 is 3.07 bits per heavy atom. The second-order valence-corrected chi connectivity index (χ2v) is 7.61. The summed E-state index contributed by atoms with van der Waals surface area (Å²) in [4.78, 5) is 14.5. The summed E-state index contributed by atoms with van der Waals surface area (Å²) < 4.78 is 6.00. The zero-order chi connectivity index (χ0) is 18.7. The predicted molar refractivity (Wildman–Crippen MR) is 108 cm³/mol. The van der Waals surface area contributed by atoms with Crippen molar-refractivity contribution >= 4 is 27.5 Å². The monoisotopic (exact) mass is 372 g/mol. The summed E-state index contributed by atoms with van der Waals surface area (Å²) in [5, 5.41) is 12.6. The van der Waals surface area contributed by atoms with Crippen LogP contribution in [0.4, 0.5) is 5.69 Å². The van der Waals surface area contributed by atoms with E-state index in [-0.39, 0.29) is 12.1 Å². The van der Waals surface area contributed by atoms with Crippen LogP contribution in [0.1, 0.15) is 12.8 Å². The van der Waals surface area contributed by atoms with Gasteiger partial charge in [-0.2, -0.15) is 0 Å². The SMILES string of the molecule is Oc1[nH]c2cccnc2c1-c1cc2cccc(N3CCC4CCOC43)c2cn1. The lowest BCUT2D eigenvalue weighted by molar-refractivity contribution is 0.105. The van der Waals surface area contributed by atoms with Gasteiger partial charge in [-0.05, 0) is 42.5 Å². The Hall–Kier alpha value is -3.12. The second kappa shape index (κ2) is 5.94. The van der Waals surface area contributed by atoms with Crippen molar-refractivity contribution < 1.29 is 9.84 Å². The number of benzene rings is 1. The molecule has 2 atom stereocenters. The van der Waals surface area contributed by atoms with Crippen molar-refractivity contribution in [3.8, 4) is 17.1 Å². The van der Waals surface area contributed by atoms with E-state index in [1.807, 2.05) is 24.4 Å². The van der Waals surface area contributed by atoms with Crippen LogP contribution in [0.5, 0.6) is 5.88 Å². The van der Waals surface area contributed by atoms with Crippen molar-refractivity contribution in [2.24, 2.45) is 5.92 Å². The molecule has 0 bridgehead atoms. The van der Waals surface area contributed by atoms with Crippen LogP contribution in [0.2, 0.25) is 0 Å². The fraction of sp³-hybridized carbons (Fsp3) is 0.273. The first-order valence-electron chi connectivity index (χ1n) is 9.72. The molecule has 140 valence electrons. The van der Waals surface area contributed by atoms with E-state index >= 15 is 0 Å². The minimum absolute atomic E-state index is 0.0958. The van der Waals surface area contributed by atoms with Crippen LogP contribution < -0.4 is 4.90 Å². The molecule has 0 amide bonds. The summed E-state index contributed by atoms with van der Waals surface area (Å²) in [5.74, 6) is 0.732. The van der Waals surface area contributed by atoms with Crippen LogP contribution >= 0.6 is 0 Å². The van der Waals surface area contributed by atoms with Crippen LogP contribution in [-0.2, 0) is 4.74 Å². The van der Waals surface area contributed by atoms with Crippen molar-refractivity contribution in [1.29, 1.82) is 0 Å². The van der Waals surface area contributed by atoms with Crippen molar-refractivity contribution in [2.75, 3.05) is 18.1 Å². The fourth-order valence-corrected chi connectivity index (χ4v) is 4.73. The molecule has 6 nitrogen and oxygen atoms in total. The lowest BCUT2D eigenvalue weighted by Crippen LogP contribution is -2.31. The van der Waals surface area contributed by atoms with Gasteiger partial charge in [-0.15, -0.1) is 0 Å². The number of anilines is 1. The summed E-state index contributed by atoms with van der Waals surface area (Å²) in [5.41, 5.74) is 4.05. The number of rotatable bonds is 2. The molecular formula is C22H20N4O2. The summed E-state index contributed by atoms with van der Waals surface area (Å²) in [6.07, 6.45) is 6.16. The van der Waals surface area contributed by atoms with Crippen molar-refractivity contribution in [3.05, 3.63) is 48.8 Å². The molecule has 5 heterocycles. The zero-order valence-corrected chi connectivity index (χ0v) is 15.3. The molecule has 2 saturated heterocycles. The van der Waals surface area contributed by atoms with Gasteiger partial charge in [-0.25, -0.2) is 0 Å². The summed E-state index contributed by atoms with van der Waals surface area (Å²) >= 11 is 0. The lowest BCUT2D eigenvalue weighted by Gasteiger charge is -2.26. The number of aromatic nitrogens is 3. The van der Waals surface area contributed by atoms with Gasteiger partial charge >= 0.3 is 0 Å². The van der Waals surface area contributed by atoms with Crippen LogP contribution in [-0.4, -0.2) is 39.4 Å². The summed E-state index contributed by atoms with van der Waals surface area (Å²) in [7, 11) is 0. The van der Waals surface area contributed by atoms with Gasteiger partial charge in [0.15, 0.2) is 0 Å². The van der Waals surface area contributed by atoms with E-state index in [0.717, 1.165) is 41.4 Å². The largest absolute Gasteiger partial charge is 0.494 e. The molecule has 0 spiro atoms. The van der Waals surface area contributed by atoms with E-state index in [9.17, 15) is 5.11 Å². The quantitative estimate of drug-likeness (QED) is 0.555. The van der Waals surface area contributed by atoms with Gasteiger partial charge in [0.2, 0.25) is 5.88 Å². The molecule has 4 aromatic rings. The van der Waals surface area contributed by atoms with Gasteiger partial charge in [-0.3, -0.25) is 9.97 Å². The van der Waals surface area contributed by atoms with Crippen LogP contribution in [0.25, 0.3) is 33.1 Å². The highest BCUT2D eigenvalue weighted by Crippen LogP contribution is 2.40. The second-order valence-electron chi connectivity index (χ2n) is 7.61. The molecule has 0 radical (unpaired) electrons. The molecule has 2 N–H and O–H groups in total. The lowest BCUT2D eigenvalue weighted by atomic mass is 10.1. The topological polar surface area (TPSA) is 74.3 Å². The molecule has 6 rings (SSSR count).